The Bertz CT molecular complexity index is 172. The first-order valence-corrected chi connectivity index (χ1v) is 4.47. The molecule has 0 aliphatic rings. The highest BCUT2D eigenvalue weighted by atomic mass is 19.4. The number of rotatable bonds is 1. The monoisotopic (exact) mass is 196 g/mol. The van der Waals surface area contributed by atoms with Crippen molar-refractivity contribution in [1.82, 2.24) is 0 Å². The zero-order valence-electron chi connectivity index (χ0n) is 9.21. The van der Waals surface area contributed by atoms with Crippen LogP contribution in [0.2, 0.25) is 0 Å². The maximum absolute atomic E-state index is 12.5. The first-order valence-electron chi connectivity index (χ1n) is 4.47. The molecule has 0 aromatic heterocycles. The zero-order chi connectivity index (χ0) is 11.1. The molecule has 3 heteroatoms. The van der Waals surface area contributed by atoms with Crippen LogP contribution in [0.5, 0.6) is 0 Å². The van der Waals surface area contributed by atoms with Crippen LogP contribution in [-0.2, 0) is 0 Å². The summed E-state index contributed by atoms with van der Waals surface area (Å²) in [7, 11) is 0. The van der Waals surface area contributed by atoms with Crippen LogP contribution in [0.3, 0.4) is 0 Å². The largest absolute Gasteiger partial charge is 0.392 e. The van der Waals surface area contributed by atoms with Crippen molar-refractivity contribution in [2.75, 3.05) is 0 Å². The Balaban J connectivity index is 4.86. The summed E-state index contributed by atoms with van der Waals surface area (Å²) in [4.78, 5) is 0. The van der Waals surface area contributed by atoms with Crippen molar-refractivity contribution < 1.29 is 13.2 Å². The van der Waals surface area contributed by atoms with E-state index in [0.29, 0.717) is 0 Å². The van der Waals surface area contributed by atoms with Crippen molar-refractivity contribution in [3.8, 4) is 0 Å². The van der Waals surface area contributed by atoms with Gasteiger partial charge in [-0.25, -0.2) is 0 Å². The molecule has 0 aromatic rings. The molecule has 0 aliphatic heterocycles. The number of hydrogen-bond acceptors (Lipinski definition) is 0. The van der Waals surface area contributed by atoms with Gasteiger partial charge in [0.15, 0.2) is 0 Å². The Kier molecular flexibility index (Phi) is 3.12. The number of hydrogen-bond donors (Lipinski definition) is 0. The molecule has 0 bridgehead atoms. The van der Waals surface area contributed by atoms with Gasteiger partial charge in [-0.15, -0.1) is 0 Å². The molecule has 0 nitrogen and oxygen atoms in total. The fraction of sp³-hybridized carbons (Fsp3) is 1.00. The molecule has 0 saturated heterocycles. The van der Waals surface area contributed by atoms with E-state index in [-0.39, 0.29) is 5.41 Å². The smallest absolute Gasteiger partial charge is 0.171 e. The Morgan fingerprint density at radius 3 is 1.23 bits per heavy atom. The maximum Gasteiger partial charge on any atom is 0.392 e. The van der Waals surface area contributed by atoms with Gasteiger partial charge in [0, 0.05) is 0 Å². The molecule has 1 unspecified atom stereocenters. The molecule has 0 radical (unpaired) electrons. The van der Waals surface area contributed by atoms with Crippen LogP contribution < -0.4 is 0 Å². The van der Waals surface area contributed by atoms with Crippen molar-refractivity contribution in [3.63, 3.8) is 0 Å². The first-order chi connectivity index (χ1) is 5.40. The molecular formula is C10H19F3. The zero-order valence-corrected chi connectivity index (χ0v) is 9.21. The van der Waals surface area contributed by atoms with Crippen molar-refractivity contribution in [2.45, 2.75) is 47.7 Å². The summed E-state index contributed by atoms with van der Waals surface area (Å²) in [5, 5.41) is 0. The van der Waals surface area contributed by atoms with Gasteiger partial charge in [0.05, 0.1) is 5.92 Å². The van der Waals surface area contributed by atoms with E-state index in [1.54, 1.807) is 13.8 Å². The molecule has 0 aliphatic carbocycles. The van der Waals surface area contributed by atoms with E-state index in [0.717, 1.165) is 0 Å². The van der Waals surface area contributed by atoms with E-state index in [4.69, 9.17) is 0 Å². The van der Waals surface area contributed by atoms with Gasteiger partial charge in [-0.2, -0.15) is 13.2 Å². The van der Waals surface area contributed by atoms with Crippen molar-refractivity contribution in [1.29, 1.82) is 0 Å². The summed E-state index contributed by atoms with van der Waals surface area (Å²) >= 11 is 0. The van der Waals surface area contributed by atoms with E-state index in [1.165, 1.54) is 6.92 Å². The third-order valence-corrected chi connectivity index (χ3v) is 3.51. The molecule has 0 amide bonds. The Hall–Kier alpha value is -0.210. The van der Waals surface area contributed by atoms with E-state index in [2.05, 4.69) is 0 Å². The van der Waals surface area contributed by atoms with Gasteiger partial charge in [-0.3, -0.25) is 0 Å². The molecule has 0 fully saturated rings. The molecule has 0 aromatic carbocycles. The molecule has 0 spiro atoms. The van der Waals surface area contributed by atoms with Crippen LogP contribution >= 0.6 is 0 Å². The third kappa shape index (κ3) is 2.61. The highest BCUT2D eigenvalue weighted by Gasteiger charge is 2.50. The average Bonchev–Trinajstić information content (AvgIpc) is 1.81. The van der Waals surface area contributed by atoms with Crippen molar-refractivity contribution >= 4 is 0 Å². The summed E-state index contributed by atoms with van der Waals surface area (Å²) in [5.74, 6) is -1.28. The summed E-state index contributed by atoms with van der Waals surface area (Å²) in [6, 6.07) is 0. The van der Waals surface area contributed by atoms with Gasteiger partial charge in [-0.1, -0.05) is 41.5 Å². The van der Waals surface area contributed by atoms with Crippen LogP contribution in [-0.4, -0.2) is 6.18 Å². The molecule has 0 heterocycles. The second-order valence-electron chi connectivity index (χ2n) is 5.23. The normalized spacial score (nSPS) is 17.3. The quantitative estimate of drug-likeness (QED) is 0.588. The summed E-state index contributed by atoms with van der Waals surface area (Å²) in [6.45, 7) is 10.1. The molecular weight excluding hydrogens is 177 g/mol. The molecule has 1 atom stereocenters. The lowest BCUT2D eigenvalue weighted by atomic mass is 9.62. The van der Waals surface area contributed by atoms with Gasteiger partial charge >= 0.3 is 6.18 Å². The standard InChI is InChI=1S/C10H19F3/c1-7(10(11,12)13)9(5,6)8(2,3)4/h7H,1-6H3. The van der Waals surface area contributed by atoms with E-state index in [1.807, 2.05) is 20.8 Å². The summed E-state index contributed by atoms with van der Waals surface area (Å²) in [6.07, 6.45) is -4.10. The second-order valence-corrected chi connectivity index (χ2v) is 5.23. The van der Waals surface area contributed by atoms with Crippen LogP contribution in [0.4, 0.5) is 13.2 Å². The lowest BCUT2D eigenvalue weighted by Gasteiger charge is -2.44. The summed E-state index contributed by atoms with van der Waals surface area (Å²) in [5.41, 5.74) is -1.09. The number of alkyl halides is 3. The van der Waals surface area contributed by atoms with Crippen LogP contribution in [0.25, 0.3) is 0 Å². The Labute approximate surface area is 78.5 Å². The van der Waals surface area contributed by atoms with Gasteiger partial charge in [0.1, 0.15) is 0 Å². The van der Waals surface area contributed by atoms with Gasteiger partial charge in [-0.05, 0) is 10.8 Å². The van der Waals surface area contributed by atoms with E-state index >= 15 is 0 Å². The minimum absolute atomic E-state index is 0.345. The third-order valence-electron chi connectivity index (χ3n) is 3.51. The molecule has 0 N–H and O–H groups in total. The predicted octanol–water partition coefficient (Wildman–Crippen LogP) is 4.26. The lowest BCUT2D eigenvalue weighted by molar-refractivity contribution is -0.211. The Morgan fingerprint density at radius 2 is 1.15 bits per heavy atom. The molecule has 13 heavy (non-hydrogen) atoms. The lowest BCUT2D eigenvalue weighted by Crippen LogP contribution is -2.42. The minimum Gasteiger partial charge on any atom is -0.171 e. The SMILES string of the molecule is CC(C(F)(F)F)C(C)(C)C(C)(C)C. The van der Waals surface area contributed by atoms with Gasteiger partial charge in [0.25, 0.3) is 0 Å². The highest BCUT2D eigenvalue weighted by molar-refractivity contribution is 4.89. The topological polar surface area (TPSA) is 0 Å². The van der Waals surface area contributed by atoms with Crippen LogP contribution in [0.1, 0.15) is 41.5 Å². The molecule has 0 saturated carbocycles. The number of halogens is 3. The van der Waals surface area contributed by atoms with Crippen molar-refractivity contribution in [2.24, 2.45) is 16.7 Å². The molecule has 0 rings (SSSR count). The van der Waals surface area contributed by atoms with Gasteiger partial charge in [0.2, 0.25) is 0 Å². The first kappa shape index (κ1) is 12.8. The van der Waals surface area contributed by atoms with Crippen LogP contribution in [0, 0.1) is 16.7 Å². The van der Waals surface area contributed by atoms with E-state index < -0.39 is 17.5 Å². The van der Waals surface area contributed by atoms with Gasteiger partial charge < -0.3 is 0 Å². The minimum atomic E-state index is -4.10. The maximum atomic E-state index is 12.5. The highest BCUT2D eigenvalue weighted by Crippen LogP contribution is 2.49. The average molecular weight is 196 g/mol. The molecule has 80 valence electrons. The summed E-state index contributed by atoms with van der Waals surface area (Å²) < 4.78 is 37.4. The second kappa shape index (κ2) is 3.18. The Morgan fingerprint density at radius 1 is 0.846 bits per heavy atom. The van der Waals surface area contributed by atoms with Crippen LogP contribution in [0.15, 0.2) is 0 Å². The van der Waals surface area contributed by atoms with Crippen molar-refractivity contribution in [3.05, 3.63) is 0 Å². The van der Waals surface area contributed by atoms with E-state index in [9.17, 15) is 13.2 Å². The fourth-order valence-electron chi connectivity index (χ4n) is 1.06. The fourth-order valence-corrected chi connectivity index (χ4v) is 1.06. The predicted molar refractivity (Wildman–Crippen MR) is 48.5 cm³/mol.